The predicted octanol–water partition coefficient (Wildman–Crippen LogP) is 2.44. The van der Waals surface area contributed by atoms with Gasteiger partial charge in [-0.1, -0.05) is 30.3 Å². The van der Waals surface area contributed by atoms with E-state index in [4.69, 9.17) is 0 Å². The van der Waals surface area contributed by atoms with Crippen molar-refractivity contribution in [1.82, 2.24) is 4.98 Å². The Morgan fingerprint density at radius 2 is 1.72 bits per heavy atom. The van der Waals surface area contributed by atoms with Gasteiger partial charge < -0.3 is 5.32 Å². The third kappa shape index (κ3) is 2.12. The number of aromatic nitrogens is 1. The molecule has 1 aromatic heterocycles. The maximum atomic E-state index is 12.1. The zero-order chi connectivity index (χ0) is 12.4. The van der Waals surface area contributed by atoms with E-state index in [1.807, 2.05) is 24.3 Å². The van der Waals surface area contributed by atoms with E-state index in [0.29, 0.717) is 5.82 Å². The van der Waals surface area contributed by atoms with Crippen LogP contribution in [0.5, 0.6) is 0 Å². The van der Waals surface area contributed by atoms with Crippen LogP contribution in [0.2, 0.25) is 0 Å². The van der Waals surface area contributed by atoms with Crippen LogP contribution in [-0.4, -0.2) is 10.9 Å². The number of hydrogen-bond donors (Lipinski definition) is 1. The van der Waals surface area contributed by atoms with Crippen LogP contribution in [0.25, 0.3) is 0 Å². The Bertz CT molecular complexity index is 541. The molecule has 0 bridgehead atoms. The monoisotopic (exact) mass is 238 g/mol. The van der Waals surface area contributed by atoms with Gasteiger partial charge in [0, 0.05) is 12.1 Å². The molecule has 3 nitrogen and oxygen atoms in total. The van der Waals surface area contributed by atoms with Gasteiger partial charge >= 0.3 is 0 Å². The average molecular weight is 238 g/mol. The Morgan fingerprint density at radius 3 is 2.33 bits per heavy atom. The van der Waals surface area contributed by atoms with E-state index in [0.717, 1.165) is 12.8 Å². The third-order valence-electron chi connectivity index (χ3n) is 3.34. The van der Waals surface area contributed by atoms with E-state index >= 15 is 0 Å². The largest absolute Gasteiger partial charge is 0.310 e. The Balaban J connectivity index is 1.70. The number of nitrogens with one attached hydrogen (secondary N) is 1. The molecule has 0 unspecified atom stereocenters. The van der Waals surface area contributed by atoms with Crippen LogP contribution >= 0.6 is 0 Å². The van der Waals surface area contributed by atoms with Gasteiger partial charge in [-0.15, -0.1) is 0 Å². The summed E-state index contributed by atoms with van der Waals surface area (Å²) < 4.78 is 0. The molecule has 0 spiro atoms. The molecule has 1 heterocycles. The first kappa shape index (κ1) is 11.0. The predicted molar refractivity (Wildman–Crippen MR) is 70.2 cm³/mol. The van der Waals surface area contributed by atoms with E-state index in [1.165, 1.54) is 11.1 Å². The highest BCUT2D eigenvalue weighted by atomic mass is 16.1. The molecule has 2 aromatic rings. The number of benzene rings is 1. The van der Waals surface area contributed by atoms with Gasteiger partial charge in [0.25, 0.3) is 0 Å². The number of fused-ring (bicyclic) bond motifs is 1. The molecule has 1 aromatic carbocycles. The summed E-state index contributed by atoms with van der Waals surface area (Å²) in [5.74, 6) is 0.716. The maximum absolute atomic E-state index is 12.1. The zero-order valence-corrected chi connectivity index (χ0v) is 9.97. The van der Waals surface area contributed by atoms with Crippen LogP contribution in [0.1, 0.15) is 11.1 Å². The molecule has 0 saturated heterocycles. The second-order valence-electron chi connectivity index (χ2n) is 4.58. The number of rotatable bonds is 2. The van der Waals surface area contributed by atoms with Crippen LogP contribution in [0, 0.1) is 5.92 Å². The van der Waals surface area contributed by atoms with Crippen molar-refractivity contribution in [2.75, 3.05) is 5.32 Å². The molecule has 0 fully saturated rings. The summed E-state index contributed by atoms with van der Waals surface area (Å²) in [6, 6.07) is 13.8. The molecule has 1 N–H and O–H groups in total. The highest BCUT2D eigenvalue weighted by Gasteiger charge is 2.27. The lowest BCUT2D eigenvalue weighted by molar-refractivity contribution is -0.119. The summed E-state index contributed by atoms with van der Waals surface area (Å²) in [6.07, 6.45) is 3.34. The second-order valence-corrected chi connectivity index (χ2v) is 4.58. The molecule has 0 atom stereocenters. The maximum Gasteiger partial charge on any atom is 0.229 e. The van der Waals surface area contributed by atoms with Gasteiger partial charge in [-0.3, -0.25) is 4.79 Å². The molecule has 1 aliphatic rings. The minimum Gasteiger partial charge on any atom is -0.310 e. The molecule has 1 aliphatic carbocycles. The molecular formula is C15H14N2O. The Hall–Kier alpha value is -2.16. The summed E-state index contributed by atoms with van der Waals surface area (Å²) in [6.45, 7) is 0. The molecule has 3 rings (SSSR count). The van der Waals surface area contributed by atoms with Crippen molar-refractivity contribution in [2.24, 2.45) is 5.92 Å². The van der Waals surface area contributed by atoms with Crippen LogP contribution in [0.15, 0.2) is 48.7 Å². The fourth-order valence-corrected chi connectivity index (χ4v) is 2.41. The zero-order valence-electron chi connectivity index (χ0n) is 9.97. The van der Waals surface area contributed by atoms with Gasteiger partial charge in [-0.05, 0) is 36.1 Å². The molecule has 0 saturated carbocycles. The summed E-state index contributed by atoms with van der Waals surface area (Å²) >= 11 is 0. The topological polar surface area (TPSA) is 42.0 Å². The first-order valence-electron chi connectivity index (χ1n) is 6.11. The first-order valence-corrected chi connectivity index (χ1v) is 6.11. The first-order chi connectivity index (χ1) is 8.83. The van der Waals surface area contributed by atoms with Crippen molar-refractivity contribution < 1.29 is 4.79 Å². The van der Waals surface area contributed by atoms with E-state index in [1.54, 1.807) is 12.3 Å². The van der Waals surface area contributed by atoms with Crippen molar-refractivity contribution in [3.8, 4) is 0 Å². The lowest BCUT2D eigenvalue weighted by Gasteiger charge is -2.09. The SMILES string of the molecule is O=C(Nc1ccccn1)C1Cc2ccccc2C1. The van der Waals surface area contributed by atoms with Crippen LogP contribution in [0.4, 0.5) is 5.82 Å². The minimum absolute atomic E-state index is 0.0319. The van der Waals surface area contributed by atoms with Crippen molar-refractivity contribution >= 4 is 11.7 Å². The average Bonchev–Trinajstić information content (AvgIpc) is 2.84. The second kappa shape index (κ2) is 4.61. The molecular weight excluding hydrogens is 224 g/mol. The van der Waals surface area contributed by atoms with E-state index in [9.17, 15) is 4.79 Å². The molecule has 0 aliphatic heterocycles. The molecule has 1 amide bonds. The summed E-state index contributed by atoms with van der Waals surface area (Å²) in [5.41, 5.74) is 2.58. The summed E-state index contributed by atoms with van der Waals surface area (Å²) in [4.78, 5) is 16.2. The number of hydrogen-bond acceptors (Lipinski definition) is 2. The quantitative estimate of drug-likeness (QED) is 0.873. The lowest BCUT2D eigenvalue weighted by atomic mass is 10.1. The number of pyridine rings is 1. The van der Waals surface area contributed by atoms with Crippen molar-refractivity contribution in [2.45, 2.75) is 12.8 Å². The van der Waals surface area contributed by atoms with Crippen molar-refractivity contribution in [1.29, 1.82) is 0 Å². The minimum atomic E-state index is 0.0319. The normalized spacial score (nSPS) is 14.2. The Labute approximate surface area is 106 Å². The fourth-order valence-electron chi connectivity index (χ4n) is 2.41. The number of carbonyl (C=O) groups is 1. The molecule has 18 heavy (non-hydrogen) atoms. The van der Waals surface area contributed by atoms with E-state index in [-0.39, 0.29) is 11.8 Å². The molecule has 0 radical (unpaired) electrons. The van der Waals surface area contributed by atoms with E-state index < -0.39 is 0 Å². The van der Waals surface area contributed by atoms with E-state index in [2.05, 4.69) is 22.4 Å². The van der Waals surface area contributed by atoms with Gasteiger partial charge in [0.15, 0.2) is 0 Å². The molecule has 3 heteroatoms. The van der Waals surface area contributed by atoms with Crippen LogP contribution < -0.4 is 5.32 Å². The highest BCUT2D eigenvalue weighted by molar-refractivity contribution is 5.92. The smallest absolute Gasteiger partial charge is 0.229 e. The van der Waals surface area contributed by atoms with Crippen molar-refractivity contribution in [3.05, 3.63) is 59.8 Å². The summed E-state index contributed by atoms with van der Waals surface area (Å²) in [7, 11) is 0. The Kier molecular flexibility index (Phi) is 2.81. The lowest BCUT2D eigenvalue weighted by Crippen LogP contribution is -2.23. The van der Waals surface area contributed by atoms with Gasteiger partial charge in [-0.2, -0.15) is 0 Å². The van der Waals surface area contributed by atoms with Gasteiger partial charge in [0.1, 0.15) is 5.82 Å². The van der Waals surface area contributed by atoms with Crippen LogP contribution in [0.3, 0.4) is 0 Å². The van der Waals surface area contributed by atoms with Gasteiger partial charge in [0.2, 0.25) is 5.91 Å². The summed E-state index contributed by atoms with van der Waals surface area (Å²) in [5, 5.41) is 2.87. The molecule has 90 valence electrons. The number of anilines is 1. The van der Waals surface area contributed by atoms with Crippen molar-refractivity contribution in [3.63, 3.8) is 0 Å². The standard InChI is InChI=1S/C15H14N2O/c18-15(17-14-7-3-4-8-16-14)13-9-11-5-1-2-6-12(11)10-13/h1-8,13H,9-10H2,(H,16,17,18). The highest BCUT2D eigenvalue weighted by Crippen LogP contribution is 2.27. The number of nitrogens with zero attached hydrogens (tertiary/aromatic N) is 1. The Morgan fingerprint density at radius 1 is 1.06 bits per heavy atom. The van der Waals surface area contributed by atoms with Gasteiger partial charge in [0.05, 0.1) is 0 Å². The third-order valence-corrected chi connectivity index (χ3v) is 3.34. The van der Waals surface area contributed by atoms with Gasteiger partial charge in [-0.25, -0.2) is 4.98 Å². The number of amides is 1. The fraction of sp³-hybridized carbons (Fsp3) is 0.200. The van der Waals surface area contributed by atoms with Crippen LogP contribution in [-0.2, 0) is 17.6 Å². The number of carbonyl (C=O) groups excluding carboxylic acids is 1.